The van der Waals surface area contributed by atoms with Gasteiger partial charge in [0.25, 0.3) is 0 Å². The summed E-state index contributed by atoms with van der Waals surface area (Å²) in [6.07, 6.45) is 0.868. The Hall–Kier alpha value is -1.06. The van der Waals surface area contributed by atoms with E-state index in [1.54, 1.807) is 0 Å². The monoisotopic (exact) mass is 205 g/mol. The zero-order valence-corrected chi connectivity index (χ0v) is 8.63. The third kappa shape index (κ3) is 2.49. The molecule has 2 aliphatic rings. The molecule has 3 heteroatoms. The summed E-state index contributed by atoms with van der Waals surface area (Å²) in [6.45, 7) is 3.80. The number of rotatable bonds is 5. The van der Waals surface area contributed by atoms with Crippen LogP contribution in [0.25, 0.3) is 0 Å². The molecule has 2 aliphatic heterocycles. The second-order valence-corrected chi connectivity index (χ2v) is 4.15. The third-order valence-corrected chi connectivity index (χ3v) is 2.77. The molecule has 1 aromatic rings. The van der Waals surface area contributed by atoms with E-state index in [0.717, 1.165) is 26.3 Å². The number of hydrogen-bond donors (Lipinski definition) is 0. The van der Waals surface area contributed by atoms with E-state index in [1.807, 2.05) is 6.07 Å². The molecule has 2 atom stereocenters. The topological polar surface area (TPSA) is 28.3 Å². The van der Waals surface area contributed by atoms with E-state index in [9.17, 15) is 0 Å². The summed E-state index contributed by atoms with van der Waals surface area (Å²) in [5.41, 5.74) is 1.27. The molecule has 0 aromatic heterocycles. The number of anilines is 1. The van der Waals surface area contributed by atoms with Gasteiger partial charge in [0.15, 0.2) is 0 Å². The number of hydrogen-bond acceptors (Lipinski definition) is 3. The van der Waals surface area contributed by atoms with E-state index in [-0.39, 0.29) is 0 Å². The van der Waals surface area contributed by atoms with Gasteiger partial charge in [0.05, 0.1) is 25.4 Å². The largest absolute Gasteiger partial charge is 0.371 e. The van der Waals surface area contributed by atoms with Crippen LogP contribution in [0.15, 0.2) is 30.3 Å². The van der Waals surface area contributed by atoms with Crippen LogP contribution in [0.1, 0.15) is 0 Å². The average Bonchev–Trinajstić information content (AvgIpc) is 3.13. The van der Waals surface area contributed by atoms with Crippen LogP contribution in [-0.2, 0) is 9.47 Å². The van der Waals surface area contributed by atoms with Gasteiger partial charge < -0.3 is 14.4 Å². The van der Waals surface area contributed by atoms with Gasteiger partial charge in [-0.1, -0.05) is 18.2 Å². The van der Waals surface area contributed by atoms with E-state index >= 15 is 0 Å². The van der Waals surface area contributed by atoms with Crippen molar-refractivity contribution in [2.24, 2.45) is 0 Å². The van der Waals surface area contributed by atoms with E-state index < -0.39 is 0 Å². The molecule has 0 radical (unpaired) electrons. The van der Waals surface area contributed by atoms with Gasteiger partial charge in [0.2, 0.25) is 0 Å². The molecule has 3 rings (SSSR count). The van der Waals surface area contributed by atoms with Gasteiger partial charge >= 0.3 is 0 Å². The van der Waals surface area contributed by atoms with Crippen LogP contribution in [-0.4, -0.2) is 38.5 Å². The van der Waals surface area contributed by atoms with Crippen molar-refractivity contribution in [3.63, 3.8) is 0 Å². The minimum Gasteiger partial charge on any atom is -0.371 e. The molecule has 0 spiro atoms. The number of ether oxygens (including phenoxy) is 2. The van der Waals surface area contributed by atoms with Gasteiger partial charge in [-0.05, 0) is 12.1 Å². The first-order valence-electron chi connectivity index (χ1n) is 5.45. The molecule has 2 saturated heterocycles. The van der Waals surface area contributed by atoms with Gasteiger partial charge in [0.1, 0.15) is 0 Å². The SMILES string of the molecule is c1ccc(N(C[C@H]2CO2)C[C@@H]2CO2)cc1. The lowest BCUT2D eigenvalue weighted by Gasteiger charge is -2.23. The smallest absolute Gasteiger partial charge is 0.0984 e. The molecule has 0 unspecified atom stereocenters. The molecular formula is C12H15NO2. The van der Waals surface area contributed by atoms with Gasteiger partial charge in [-0.2, -0.15) is 0 Å². The maximum atomic E-state index is 5.28. The molecule has 1 aromatic carbocycles. The first-order valence-corrected chi connectivity index (χ1v) is 5.45. The van der Waals surface area contributed by atoms with Crippen LogP contribution < -0.4 is 4.90 Å². The normalized spacial score (nSPS) is 27.5. The highest BCUT2D eigenvalue weighted by Gasteiger charge is 2.30. The summed E-state index contributed by atoms with van der Waals surface area (Å²) >= 11 is 0. The Morgan fingerprint density at radius 2 is 1.53 bits per heavy atom. The first kappa shape index (κ1) is 9.19. The molecule has 3 nitrogen and oxygen atoms in total. The summed E-state index contributed by atoms with van der Waals surface area (Å²) in [6, 6.07) is 10.5. The number of nitrogens with zero attached hydrogens (tertiary/aromatic N) is 1. The molecule has 0 aliphatic carbocycles. The molecular weight excluding hydrogens is 190 g/mol. The standard InChI is InChI=1S/C12H15NO2/c1-2-4-10(5-3-1)13(6-11-8-14-11)7-12-9-15-12/h1-5,11-12H,6-9H2/t11-,12+. The summed E-state index contributed by atoms with van der Waals surface area (Å²) in [5, 5.41) is 0. The quantitative estimate of drug-likeness (QED) is 0.678. The third-order valence-electron chi connectivity index (χ3n) is 2.77. The molecule has 0 amide bonds. The molecule has 80 valence electrons. The Bertz CT molecular complexity index is 306. The highest BCUT2D eigenvalue weighted by Crippen LogP contribution is 2.21. The van der Waals surface area contributed by atoms with Crippen molar-refractivity contribution in [1.29, 1.82) is 0 Å². The maximum Gasteiger partial charge on any atom is 0.0984 e. The van der Waals surface area contributed by atoms with Crippen LogP contribution >= 0.6 is 0 Å². The second kappa shape index (κ2) is 3.83. The van der Waals surface area contributed by atoms with E-state index in [2.05, 4.69) is 29.2 Å². The lowest BCUT2D eigenvalue weighted by Crippen LogP contribution is -2.31. The van der Waals surface area contributed by atoms with Crippen molar-refractivity contribution in [3.05, 3.63) is 30.3 Å². The van der Waals surface area contributed by atoms with Crippen molar-refractivity contribution in [3.8, 4) is 0 Å². The Kier molecular flexibility index (Phi) is 2.35. The van der Waals surface area contributed by atoms with Gasteiger partial charge in [0, 0.05) is 18.8 Å². The molecule has 2 fully saturated rings. The average molecular weight is 205 g/mol. The Labute approximate surface area is 89.6 Å². The van der Waals surface area contributed by atoms with Crippen LogP contribution in [0.2, 0.25) is 0 Å². The minimum absolute atomic E-state index is 0.434. The predicted molar refractivity (Wildman–Crippen MR) is 58.1 cm³/mol. The fourth-order valence-corrected chi connectivity index (χ4v) is 1.76. The zero-order valence-electron chi connectivity index (χ0n) is 8.63. The molecule has 0 bridgehead atoms. The minimum atomic E-state index is 0.434. The van der Waals surface area contributed by atoms with Gasteiger partial charge in [-0.15, -0.1) is 0 Å². The predicted octanol–water partition coefficient (Wildman–Crippen LogP) is 1.29. The maximum absolute atomic E-state index is 5.28. The van der Waals surface area contributed by atoms with E-state index in [0.29, 0.717) is 12.2 Å². The van der Waals surface area contributed by atoms with Crippen molar-refractivity contribution in [2.45, 2.75) is 12.2 Å². The number of epoxide rings is 2. The molecule has 0 saturated carbocycles. The summed E-state index contributed by atoms with van der Waals surface area (Å²) in [4.78, 5) is 2.36. The van der Waals surface area contributed by atoms with Crippen LogP contribution in [0.4, 0.5) is 5.69 Å². The lowest BCUT2D eigenvalue weighted by atomic mass is 10.2. The number of para-hydroxylation sites is 1. The van der Waals surface area contributed by atoms with Crippen molar-refractivity contribution >= 4 is 5.69 Å². The first-order chi connectivity index (χ1) is 7.42. The van der Waals surface area contributed by atoms with Crippen LogP contribution in [0.5, 0.6) is 0 Å². The summed E-state index contributed by atoms with van der Waals surface area (Å²) < 4.78 is 10.6. The van der Waals surface area contributed by atoms with Crippen LogP contribution in [0, 0.1) is 0 Å². The highest BCUT2D eigenvalue weighted by atomic mass is 16.6. The Balaban J connectivity index is 1.69. The summed E-state index contributed by atoms with van der Waals surface area (Å²) in [5.74, 6) is 0. The molecule has 0 N–H and O–H groups in total. The molecule has 2 heterocycles. The summed E-state index contributed by atoms with van der Waals surface area (Å²) in [7, 11) is 0. The molecule has 15 heavy (non-hydrogen) atoms. The highest BCUT2D eigenvalue weighted by molar-refractivity contribution is 5.46. The Morgan fingerprint density at radius 1 is 1.00 bits per heavy atom. The number of benzene rings is 1. The van der Waals surface area contributed by atoms with Gasteiger partial charge in [-0.25, -0.2) is 0 Å². The van der Waals surface area contributed by atoms with Crippen molar-refractivity contribution in [2.75, 3.05) is 31.2 Å². The van der Waals surface area contributed by atoms with Crippen LogP contribution in [0.3, 0.4) is 0 Å². The van der Waals surface area contributed by atoms with E-state index in [1.165, 1.54) is 5.69 Å². The van der Waals surface area contributed by atoms with E-state index in [4.69, 9.17) is 9.47 Å². The van der Waals surface area contributed by atoms with Gasteiger partial charge in [-0.3, -0.25) is 0 Å². The fourth-order valence-electron chi connectivity index (χ4n) is 1.76. The zero-order chi connectivity index (χ0) is 10.1. The Morgan fingerprint density at radius 3 is 2.00 bits per heavy atom. The lowest BCUT2D eigenvalue weighted by molar-refractivity contribution is 0.389. The van der Waals surface area contributed by atoms with Crippen molar-refractivity contribution < 1.29 is 9.47 Å². The fraction of sp³-hybridized carbons (Fsp3) is 0.500. The second-order valence-electron chi connectivity index (χ2n) is 4.15. The van der Waals surface area contributed by atoms with Crippen molar-refractivity contribution in [1.82, 2.24) is 0 Å².